The van der Waals surface area contributed by atoms with Crippen molar-refractivity contribution in [2.75, 3.05) is 0 Å². The van der Waals surface area contributed by atoms with E-state index in [1.165, 1.54) is 98.0 Å². The van der Waals surface area contributed by atoms with Crippen LogP contribution in [0.25, 0.3) is 66.1 Å². The zero-order chi connectivity index (χ0) is 40.0. The summed E-state index contributed by atoms with van der Waals surface area (Å²) in [6.07, 6.45) is 0. The van der Waals surface area contributed by atoms with Crippen LogP contribution in [0.5, 0.6) is 0 Å². The van der Waals surface area contributed by atoms with Gasteiger partial charge >= 0.3 is 0 Å². The summed E-state index contributed by atoms with van der Waals surface area (Å²) in [5.41, 5.74) is 12.7. The molecule has 0 atom stereocenters. The molecule has 0 fully saturated rings. The quantitative estimate of drug-likeness (QED) is 0.117. The summed E-state index contributed by atoms with van der Waals surface area (Å²) in [5, 5.41) is 10.6. The van der Waals surface area contributed by atoms with E-state index in [0.717, 1.165) is 0 Å². The van der Waals surface area contributed by atoms with Crippen molar-refractivity contribution in [3.63, 3.8) is 0 Å². The first-order valence-electron chi connectivity index (χ1n) is 21.0. The predicted molar refractivity (Wildman–Crippen MR) is 256 cm³/mol. The molecule has 0 bridgehead atoms. The molecular weight excluding hydrogens is 741 g/mol. The fraction of sp³-hybridized carbons (Fsp3) is 0.0526. The molecule has 0 N–H and O–H groups in total. The van der Waals surface area contributed by atoms with E-state index >= 15 is 0 Å². The number of hydrogen-bond acceptors (Lipinski definition) is 0. The van der Waals surface area contributed by atoms with Crippen LogP contribution in [0.3, 0.4) is 0 Å². The molecule has 11 aromatic rings. The van der Waals surface area contributed by atoms with Gasteiger partial charge in [-0.1, -0.05) is 184 Å². The Bertz CT molecular complexity index is 3370. The van der Waals surface area contributed by atoms with Crippen LogP contribution in [0, 0.1) is 0 Å². The Kier molecular flexibility index (Phi) is 7.63. The summed E-state index contributed by atoms with van der Waals surface area (Å²) < 4.78 is 4.97. The monoisotopic (exact) mass is 782 g/mol. The van der Waals surface area contributed by atoms with Crippen LogP contribution in [0.2, 0.25) is 0 Å². The third-order valence-electron chi connectivity index (χ3n) is 13.5. The fourth-order valence-electron chi connectivity index (χ4n) is 10.9. The van der Waals surface area contributed by atoms with Crippen LogP contribution in [-0.4, -0.2) is 17.2 Å². The lowest BCUT2D eigenvalue weighted by atomic mass is 9.82. The van der Waals surface area contributed by atoms with Gasteiger partial charge in [0.05, 0.1) is 22.1 Å². The summed E-state index contributed by atoms with van der Waals surface area (Å²) in [4.78, 5) is 0. The fourth-order valence-corrected chi connectivity index (χ4v) is 15.7. The molecule has 0 saturated carbocycles. The molecule has 2 nitrogen and oxygen atoms in total. The standard InChI is InChI=1S/C57H42N2Si/c1-57(2)49-31-13-9-29-47(49)55-50(57)35-36-54-56(55)48-30-12-16-34-53(48)59(54)40-20-18-26-44(38-40)60(41-21-5-3-6-22-41,42-23-7-4-8-24-42)43-25-17-19-39(37-43)58-51-32-14-10-27-45(51)46-28-11-15-33-52(46)58/h3-38H,1-2H3. The maximum Gasteiger partial charge on any atom is 0.179 e. The Morgan fingerprint density at radius 3 is 1.38 bits per heavy atom. The Labute approximate surface area is 351 Å². The van der Waals surface area contributed by atoms with E-state index < -0.39 is 8.07 Å². The third kappa shape index (κ3) is 4.81. The van der Waals surface area contributed by atoms with E-state index in [1.807, 2.05) is 0 Å². The topological polar surface area (TPSA) is 9.86 Å². The highest BCUT2D eigenvalue weighted by atomic mass is 28.3. The van der Waals surface area contributed by atoms with Gasteiger partial charge in [-0.3, -0.25) is 0 Å². The molecule has 1 aliphatic rings. The second-order valence-corrected chi connectivity index (χ2v) is 20.7. The van der Waals surface area contributed by atoms with Crippen LogP contribution in [0.1, 0.15) is 25.0 Å². The van der Waals surface area contributed by atoms with Crippen molar-refractivity contribution < 1.29 is 0 Å². The van der Waals surface area contributed by atoms with Crippen molar-refractivity contribution in [1.29, 1.82) is 0 Å². The number of benzene rings is 9. The number of aromatic nitrogens is 2. The minimum Gasteiger partial charge on any atom is -0.309 e. The van der Waals surface area contributed by atoms with Crippen LogP contribution in [0.15, 0.2) is 218 Å². The Morgan fingerprint density at radius 1 is 0.350 bits per heavy atom. The predicted octanol–water partition coefficient (Wildman–Crippen LogP) is 11.6. The minimum atomic E-state index is -2.97. The van der Waals surface area contributed by atoms with E-state index in [2.05, 4.69) is 241 Å². The van der Waals surface area contributed by atoms with Crippen molar-refractivity contribution in [1.82, 2.24) is 9.13 Å². The molecule has 0 amide bonds. The molecule has 2 aromatic heterocycles. The van der Waals surface area contributed by atoms with Crippen molar-refractivity contribution in [3.8, 4) is 22.5 Å². The number of hydrogen-bond donors (Lipinski definition) is 0. The minimum absolute atomic E-state index is 0.0758. The van der Waals surface area contributed by atoms with Gasteiger partial charge in [-0.05, 0) is 91.5 Å². The zero-order valence-electron chi connectivity index (χ0n) is 33.7. The van der Waals surface area contributed by atoms with Crippen LogP contribution in [-0.2, 0) is 5.41 Å². The normalized spacial score (nSPS) is 13.3. The SMILES string of the molecule is CC1(C)c2ccccc2-c2c1ccc1c2c2ccccc2n1-c1cccc([Si](c2ccccc2)(c2ccccc2)c2cccc(-n3c4ccccc4c4ccccc43)c2)c1. The number of rotatable bonds is 6. The van der Waals surface area contributed by atoms with Crippen molar-refractivity contribution >= 4 is 72.4 Å². The van der Waals surface area contributed by atoms with Crippen LogP contribution < -0.4 is 20.7 Å². The van der Waals surface area contributed by atoms with Gasteiger partial charge < -0.3 is 9.13 Å². The summed E-state index contributed by atoms with van der Waals surface area (Å²) in [6.45, 7) is 4.75. The summed E-state index contributed by atoms with van der Waals surface area (Å²) in [5.74, 6) is 0. The molecule has 12 rings (SSSR count). The van der Waals surface area contributed by atoms with Crippen LogP contribution >= 0.6 is 0 Å². The summed E-state index contributed by atoms with van der Waals surface area (Å²) >= 11 is 0. The number of fused-ring (bicyclic) bond motifs is 10. The van der Waals surface area contributed by atoms with Crippen molar-refractivity contribution in [3.05, 3.63) is 230 Å². The molecule has 0 saturated heterocycles. The van der Waals surface area contributed by atoms with E-state index in [1.54, 1.807) is 0 Å². The van der Waals surface area contributed by atoms with Gasteiger partial charge in [0.1, 0.15) is 0 Å². The highest BCUT2D eigenvalue weighted by Crippen LogP contribution is 2.53. The zero-order valence-corrected chi connectivity index (χ0v) is 34.7. The smallest absolute Gasteiger partial charge is 0.179 e. The highest BCUT2D eigenvalue weighted by Gasteiger charge is 2.42. The number of nitrogens with zero attached hydrogens (tertiary/aromatic N) is 2. The molecule has 9 aromatic carbocycles. The molecule has 0 unspecified atom stereocenters. The van der Waals surface area contributed by atoms with E-state index in [4.69, 9.17) is 0 Å². The first-order chi connectivity index (χ1) is 29.5. The average molecular weight is 783 g/mol. The molecule has 0 aliphatic heterocycles. The molecule has 284 valence electrons. The Hall–Kier alpha value is -7.20. The maximum atomic E-state index is 2.52. The van der Waals surface area contributed by atoms with Gasteiger partial charge in [-0.2, -0.15) is 0 Å². The lowest BCUT2D eigenvalue weighted by Crippen LogP contribution is -2.74. The molecule has 0 spiro atoms. The molecule has 3 heteroatoms. The largest absolute Gasteiger partial charge is 0.309 e. The lowest BCUT2D eigenvalue weighted by molar-refractivity contribution is 0.661. The highest BCUT2D eigenvalue weighted by molar-refractivity contribution is 7.20. The summed E-state index contributed by atoms with van der Waals surface area (Å²) in [7, 11) is -2.97. The van der Waals surface area contributed by atoms with Gasteiger partial charge in [0, 0.05) is 38.3 Å². The third-order valence-corrected chi connectivity index (χ3v) is 18.2. The van der Waals surface area contributed by atoms with Gasteiger partial charge in [-0.25, -0.2) is 0 Å². The number of para-hydroxylation sites is 3. The maximum absolute atomic E-state index is 2.97. The van der Waals surface area contributed by atoms with Gasteiger partial charge in [0.15, 0.2) is 8.07 Å². The van der Waals surface area contributed by atoms with Gasteiger partial charge in [0.2, 0.25) is 0 Å². The van der Waals surface area contributed by atoms with E-state index in [9.17, 15) is 0 Å². The van der Waals surface area contributed by atoms with Gasteiger partial charge in [0.25, 0.3) is 0 Å². The van der Waals surface area contributed by atoms with E-state index in [-0.39, 0.29) is 5.41 Å². The second kappa shape index (κ2) is 13.2. The second-order valence-electron chi connectivity index (χ2n) is 16.9. The molecule has 1 aliphatic carbocycles. The Morgan fingerprint density at radius 2 is 0.800 bits per heavy atom. The van der Waals surface area contributed by atoms with E-state index in [0.29, 0.717) is 0 Å². The first kappa shape index (κ1) is 34.8. The van der Waals surface area contributed by atoms with Gasteiger partial charge in [-0.15, -0.1) is 0 Å². The first-order valence-corrected chi connectivity index (χ1v) is 23.0. The average Bonchev–Trinajstić information content (AvgIpc) is 3.91. The molecule has 2 heterocycles. The van der Waals surface area contributed by atoms with Crippen molar-refractivity contribution in [2.45, 2.75) is 19.3 Å². The molecule has 0 radical (unpaired) electrons. The summed E-state index contributed by atoms with van der Waals surface area (Å²) in [6, 6.07) is 82.0. The van der Waals surface area contributed by atoms with Crippen molar-refractivity contribution in [2.24, 2.45) is 0 Å². The molecular formula is C57H42N2Si. The Balaban J connectivity index is 1.15. The lowest BCUT2D eigenvalue weighted by Gasteiger charge is -2.35. The molecule has 60 heavy (non-hydrogen) atoms. The van der Waals surface area contributed by atoms with Crippen LogP contribution in [0.4, 0.5) is 0 Å².